The van der Waals surface area contributed by atoms with Gasteiger partial charge in [0, 0.05) is 43.9 Å². The number of carbonyl (C=O) groups excluding carboxylic acids is 2. The fraction of sp³-hybridized carbons (Fsp3) is 0.0667. The Morgan fingerprint density at radius 1 is 0.558 bits per heavy atom. The van der Waals surface area contributed by atoms with E-state index in [1.165, 1.54) is 61.0 Å². The first-order chi connectivity index (χ1) is 19.9. The Bertz CT molecular complexity index is 2110. The Hall–Kier alpha value is -4.42. The summed E-state index contributed by atoms with van der Waals surface area (Å²) in [6.45, 7) is 0. The van der Waals surface area contributed by atoms with E-state index in [-0.39, 0.29) is 61.0 Å². The fourth-order valence-electron chi connectivity index (χ4n) is 4.28. The fourth-order valence-corrected chi connectivity index (χ4v) is 5.35. The van der Waals surface area contributed by atoms with Gasteiger partial charge in [-0.3, -0.25) is 18.0 Å². The van der Waals surface area contributed by atoms with Crippen molar-refractivity contribution in [2.75, 3.05) is 12.5 Å². The summed E-state index contributed by atoms with van der Waals surface area (Å²) in [5.74, 6) is -2.71. The van der Waals surface area contributed by atoms with Crippen molar-refractivity contribution in [1.82, 2.24) is 0 Å². The third kappa shape index (κ3) is 6.20. The zero-order chi connectivity index (χ0) is 30.3. The summed E-state index contributed by atoms with van der Waals surface area (Å²) in [7, 11) is -2.37. The van der Waals surface area contributed by atoms with Gasteiger partial charge >= 0.3 is 17.1 Å². The minimum absolute atomic E-state index is 0. The standard InChI is InChI=1S/2C15H10O5S.Fe/c2*1-21(19)9-3-4-10-13(7-9)20-12-5-2-8(15(17)18)6-11(12)14(10)16;/h2*2-7H,1H3,(H,17,18);/q;;+2/p-2. The van der Waals surface area contributed by atoms with Crippen LogP contribution in [0.25, 0.3) is 43.9 Å². The molecule has 0 amide bonds. The van der Waals surface area contributed by atoms with Gasteiger partial charge in [0.15, 0.2) is 0 Å². The molecule has 2 atom stereocenters. The van der Waals surface area contributed by atoms with Gasteiger partial charge in [0.05, 0.1) is 33.5 Å². The number of carboxylic acids is 2. The first-order valence-electron chi connectivity index (χ1n) is 12.1. The number of carboxylic acid groups (broad SMARTS) is 2. The summed E-state index contributed by atoms with van der Waals surface area (Å²) in [4.78, 5) is 47.6. The normalized spacial score (nSPS) is 12.3. The number of aromatic carboxylic acids is 2. The van der Waals surface area contributed by atoms with E-state index >= 15 is 0 Å². The van der Waals surface area contributed by atoms with Crippen LogP contribution in [0, 0.1) is 0 Å². The molecular formula is C30H18FeO10S2. The molecule has 0 spiro atoms. The van der Waals surface area contributed by atoms with Crippen LogP contribution in [0.2, 0.25) is 0 Å². The summed E-state index contributed by atoms with van der Waals surface area (Å²) in [6, 6.07) is 17.3. The Labute approximate surface area is 257 Å². The summed E-state index contributed by atoms with van der Waals surface area (Å²) in [5.41, 5.74) is 0.363. The van der Waals surface area contributed by atoms with Crippen LogP contribution in [0.3, 0.4) is 0 Å². The van der Waals surface area contributed by atoms with Gasteiger partial charge in [-0.2, -0.15) is 0 Å². The van der Waals surface area contributed by atoms with Gasteiger partial charge in [-0.1, -0.05) is 0 Å². The molecule has 0 aliphatic heterocycles. The van der Waals surface area contributed by atoms with Crippen molar-refractivity contribution in [3.63, 3.8) is 0 Å². The van der Waals surface area contributed by atoms with E-state index in [4.69, 9.17) is 8.83 Å². The number of fused-ring (bicyclic) bond motifs is 4. The SMILES string of the molecule is CS(=O)c1ccc2c(=O)c3cc(C(=O)[O-])ccc3oc2c1.CS(=O)c1ccc2c(=O)c3cc(C(=O)[O-])ccc3oc2c1.[Fe+2]. The van der Waals surface area contributed by atoms with E-state index in [9.17, 15) is 37.8 Å². The molecule has 0 aliphatic rings. The van der Waals surface area contributed by atoms with Crippen molar-refractivity contribution in [3.05, 3.63) is 104 Å². The van der Waals surface area contributed by atoms with Crippen LogP contribution in [0.5, 0.6) is 0 Å². The van der Waals surface area contributed by atoms with Crippen LogP contribution in [-0.2, 0) is 38.7 Å². The Morgan fingerprint density at radius 3 is 1.26 bits per heavy atom. The van der Waals surface area contributed by atoms with Crippen LogP contribution in [0.15, 0.2) is 101 Å². The molecule has 2 heterocycles. The summed E-state index contributed by atoms with van der Waals surface area (Å²) < 4.78 is 34.2. The first kappa shape index (κ1) is 31.5. The van der Waals surface area contributed by atoms with Crippen LogP contribution >= 0.6 is 0 Å². The molecule has 6 rings (SSSR count). The van der Waals surface area contributed by atoms with Crippen molar-refractivity contribution in [1.29, 1.82) is 0 Å². The molecule has 0 bridgehead atoms. The minimum Gasteiger partial charge on any atom is -0.545 e. The molecule has 6 aromatic rings. The predicted molar refractivity (Wildman–Crippen MR) is 153 cm³/mol. The minimum atomic E-state index is -1.35. The quantitative estimate of drug-likeness (QED) is 0.202. The Balaban J connectivity index is 0.000000192. The van der Waals surface area contributed by atoms with Gasteiger partial charge in [0.2, 0.25) is 10.9 Å². The third-order valence-electron chi connectivity index (χ3n) is 6.42. The molecule has 43 heavy (non-hydrogen) atoms. The van der Waals surface area contributed by atoms with E-state index in [1.807, 2.05) is 0 Å². The second kappa shape index (κ2) is 12.4. The van der Waals surface area contributed by atoms with Crippen LogP contribution in [0.1, 0.15) is 20.7 Å². The monoisotopic (exact) mass is 658 g/mol. The number of hydrogen-bond acceptors (Lipinski definition) is 10. The number of rotatable bonds is 4. The van der Waals surface area contributed by atoms with Gasteiger partial charge in [0.25, 0.3) is 0 Å². The van der Waals surface area contributed by atoms with Crippen molar-refractivity contribution in [2.45, 2.75) is 9.79 Å². The number of hydrogen-bond donors (Lipinski definition) is 0. The molecule has 2 unspecified atom stereocenters. The smallest absolute Gasteiger partial charge is 0.545 e. The average molecular weight is 658 g/mol. The van der Waals surface area contributed by atoms with Gasteiger partial charge < -0.3 is 28.6 Å². The van der Waals surface area contributed by atoms with Crippen LogP contribution in [0.4, 0.5) is 0 Å². The molecule has 13 heteroatoms. The molecule has 0 fully saturated rings. The van der Waals surface area contributed by atoms with Crippen LogP contribution in [-0.4, -0.2) is 32.9 Å². The first-order valence-corrected chi connectivity index (χ1v) is 15.2. The largest absolute Gasteiger partial charge is 2.00 e. The number of carbonyl (C=O) groups is 2. The third-order valence-corrected chi connectivity index (χ3v) is 8.25. The van der Waals surface area contributed by atoms with Crippen molar-refractivity contribution >= 4 is 77.4 Å². The van der Waals surface area contributed by atoms with Crippen molar-refractivity contribution in [2.24, 2.45) is 0 Å². The Morgan fingerprint density at radius 2 is 0.930 bits per heavy atom. The maximum atomic E-state index is 12.4. The van der Waals surface area contributed by atoms with E-state index in [1.54, 1.807) is 24.3 Å². The zero-order valence-corrected chi connectivity index (χ0v) is 24.9. The molecule has 10 nitrogen and oxygen atoms in total. The molecule has 0 saturated heterocycles. The number of benzene rings is 4. The second-order valence-electron chi connectivity index (χ2n) is 9.08. The average Bonchev–Trinajstić information content (AvgIpc) is 2.96. The molecular weight excluding hydrogens is 640 g/mol. The second-order valence-corrected chi connectivity index (χ2v) is 11.8. The maximum Gasteiger partial charge on any atom is 2.00 e. The van der Waals surface area contributed by atoms with Gasteiger partial charge in [-0.05, 0) is 83.9 Å². The van der Waals surface area contributed by atoms with E-state index in [2.05, 4.69) is 0 Å². The Kier molecular flexibility index (Phi) is 9.12. The van der Waals surface area contributed by atoms with Gasteiger partial charge in [0.1, 0.15) is 22.3 Å². The van der Waals surface area contributed by atoms with Gasteiger partial charge in [-0.25, -0.2) is 0 Å². The molecule has 218 valence electrons. The van der Waals surface area contributed by atoms with E-state index < -0.39 is 33.5 Å². The summed E-state index contributed by atoms with van der Waals surface area (Å²) in [5, 5.41) is 22.7. The van der Waals surface area contributed by atoms with Crippen LogP contribution < -0.4 is 21.1 Å². The zero-order valence-electron chi connectivity index (χ0n) is 22.2. The molecule has 4 aromatic carbocycles. The molecule has 0 aliphatic carbocycles. The summed E-state index contributed by atoms with van der Waals surface area (Å²) >= 11 is 0. The van der Waals surface area contributed by atoms with E-state index in [0.29, 0.717) is 31.7 Å². The summed E-state index contributed by atoms with van der Waals surface area (Å²) in [6.07, 6.45) is 3.07. The molecule has 0 radical (unpaired) electrons. The van der Waals surface area contributed by atoms with Crippen molar-refractivity contribution in [3.8, 4) is 0 Å². The maximum absolute atomic E-state index is 12.4. The topological polar surface area (TPSA) is 175 Å². The molecule has 2 aromatic heterocycles. The van der Waals surface area contributed by atoms with Gasteiger partial charge in [-0.15, -0.1) is 0 Å². The molecule has 0 N–H and O–H groups in total. The predicted octanol–water partition coefficient (Wildman–Crippen LogP) is 2.09. The molecule has 0 saturated carbocycles. The van der Waals surface area contributed by atoms with E-state index in [0.717, 1.165) is 0 Å². The van der Waals surface area contributed by atoms with Crippen molar-refractivity contribution < 1.29 is 54.1 Å².